The molecule has 0 saturated heterocycles. The smallest absolute Gasteiger partial charge is 0.0485 e. The third kappa shape index (κ3) is 4.16. The summed E-state index contributed by atoms with van der Waals surface area (Å²) in [4.78, 5) is 4.42. The molecule has 2 nitrogen and oxygen atoms in total. The molecule has 2 aromatic heterocycles. The largest absolute Gasteiger partial charge is 0.344 e. The van der Waals surface area contributed by atoms with E-state index in [0.29, 0.717) is 0 Å². The van der Waals surface area contributed by atoms with Crippen molar-refractivity contribution in [3.05, 3.63) is 76.8 Å². The predicted molar refractivity (Wildman–Crippen MR) is 116 cm³/mol. The van der Waals surface area contributed by atoms with E-state index in [1.807, 2.05) is 27.0 Å². The first-order chi connectivity index (χ1) is 13.1. The Labute approximate surface area is 163 Å². The molecule has 0 N–H and O–H groups in total. The van der Waals surface area contributed by atoms with E-state index in [9.17, 15) is 0 Å². The topological polar surface area (TPSA) is 17.8 Å². The second-order valence-corrected chi connectivity index (χ2v) is 7.44. The van der Waals surface area contributed by atoms with Crippen molar-refractivity contribution in [3.8, 4) is 0 Å². The summed E-state index contributed by atoms with van der Waals surface area (Å²) < 4.78 is 2.55. The van der Waals surface area contributed by atoms with E-state index < -0.39 is 0 Å². The molecule has 1 aromatic carbocycles. The number of hydrogen-bond donors (Lipinski definition) is 0. The Hall–Kier alpha value is -2.35. The van der Waals surface area contributed by atoms with Crippen molar-refractivity contribution in [1.29, 1.82) is 0 Å². The highest BCUT2D eigenvalue weighted by atomic mass is 15.0. The third-order valence-corrected chi connectivity index (χ3v) is 5.41. The summed E-state index contributed by atoms with van der Waals surface area (Å²) in [6, 6.07) is 11.2. The van der Waals surface area contributed by atoms with Gasteiger partial charge in [0.15, 0.2) is 0 Å². The van der Waals surface area contributed by atoms with Crippen LogP contribution in [0.2, 0.25) is 0 Å². The first-order valence-corrected chi connectivity index (χ1v) is 10.3. The van der Waals surface area contributed by atoms with Gasteiger partial charge in [0.1, 0.15) is 0 Å². The maximum Gasteiger partial charge on any atom is 0.0485 e. The van der Waals surface area contributed by atoms with Crippen LogP contribution in [0.4, 0.5) is 0 Å². The molecule has 3 aromatic rings. The first-order valence-electron chi connectivity index (χ1n) is 10.3. The van der Waals surface area contributed by atoms with Gasteiger partial charge in [-0.2, -0.15) is 0 Å². The fraction of sp³-hybridized carbons (Fsp3) is 0.400. The molecule has 1 aliphatic rings. The summed E-state index contributed by atoms with van der Waals surface area (Å²) in [5, 5.41) is 1.46. The molecule has 0 amide bonds. The van der Waals surface area contributed by atoms with Gasteiger partial charge < -0.3 is 4.57 Å². The third-order valence-electron chi connectivity index (χ3n) is 5.41. The molecule has 0 saturated carbocycles. The molecule has 0 aliphatic heterocycles. The van der Waals surface area contributed by atoms with Crippen molar-refractivity contribution in [2.24, 2.45) is 0 Å². The summed E-state index contributed by atoms with van der Waals surface area (Å²) in [5.74, 6) is 0. The number of nitrogens with zero attached hydrogens (tertiary/aromatic N) is 2. The molecule has 2 heteroatoms. The van der Waals surface area contributed by atoms with Gasteiger partial charge in [0.2, 0.25) is 0 Å². The zero-order valence-electron chi connectivity index (χ0n) is 17.3. The molecular formula is C25H32N2. The van der Waals surface area contributed by atoms with Gasteiger partial charge in [-0.25, -0.2) is 0 Å². The lowest BCUT2D eigenvalue weighted by Crippen LogP contribution is -2.10. The van der Waals surface area contributed by atoms with Gasteiger partial charge in [-0.1, -0.05) is 43.7 Å². The molecule has 27 heavy (non-hydrogen) atoms. The average molecular weight is 361 g/mol. The van der Waals surface area contributed by atoms with Crippen LogP contribution in [0.1, 0.15) is 54.8 Å². The number of benzene rings is 1. The van der Waals surface area contributed by atoms with Crippen LogP contribution in [0.5, 0.6) is 0 Å². The van der Waals surface area contributed by atoms with E-state index in [1.54, 1.807) is 5.56 Å². The molecule has 1 aliphatic carbocycles. The normalized spacial score (nSPS) is 13.3. The van der Waals surface area contributed by atoms with Crippen LogP contribution < -0.4 is 0 Å². The van der Waals surface area contributed by atoms with E-state index in [0.717, 1.165) is 44.3 Å². The molecule has 2 heterocycles. The van der Waals surface area contributed by atoms with Gasteiger partial charge in [-0.05, 0) is 68.9 Å². The van der Waals surface area contributed by atoms with Crippen molar-refractivity contribution in [1.82, 2.24) is 9.55 Å². The minimum atomic E-state index is 1.04. The van der Waals surface area contributed by atoms with E-state index in [4.69, 9.17) is 0 Å². The number of aromatic nitrogens is 2. The maximum absolute atomic E-state index is 4.42. The molecule has 0 fully saturated rings. The van der Waals surface area contributed by atoms with Crippen molar-refractivity contribution in [2.75, 3.05) is 0 Å². The summed E-state index contributed by atoms with van der Waals surface area (Å²) in [6.07, 6.45) is 7.55. The highest BCUT2D eigenvalue weighted by molar-refractivity contribution is 5.86. The summed E-state index contributed by atoms with van der Waals surface area (Å²) in [7, 11) is 0. The minimum Gasteiger partial charge on any atom is -0.344 e. The van der Waals surface area contributed by atoms with Gasteiger partial charge in [-0.3, -0.25) is 4.98 Å². The molecule has 0 spiro atoms. The van der Waals surface area contributed by atoms with E-state index in [1.165, 1.54) is 33.3 Å². The lowest BCUT2D eigenvalue weighted by atomic mass is 9.92. The van der Waals surface area contributed by atoms with Crippen molar-refractivity contribution in [2.45, 2.75) is 66.3 Å². The predicted octanol–water partition coefficient (Wildman–Crippen LogP) is 6.36. The van der Waals surface area contributed by atoms with Crippen LogP contribution in [0.25, 0.3) is 10.9 Å². The van der Waals surface area contributed by atoms with Crippen molar-refractivity contribution >= 4 is 10.9 Å². The summed E-state index contributed by atoms with van der Waals surface area (Å²) in [6.45, 7) is 13.6. The van der Waals surface area contributed by atoms with Gasteiger partial charge in [-0.15, -0.1) is 0 Å². The van der Waals surface area contributed by atoms with Gasteiger partial charge in [0, 0.05) is 41.5 Å². The maximum atomic E-state index is 4.42. The number of pyridine rings is 1. The lowest BCUT2D eigenvalue weighted by Gasteiger charge is -2.18. The molecule has 0 radical (unpaired) electrons. The van der Waals surface area contributed by atoms with E-state index in [2.05, 4.69) is 53.4 Å². The Balaban J connectivity index is 0.00000102. The molecule has 0 bridgehead atoms. The van der Waals surface area contributed by atoms with E-state index >= 15 is 0 Å². The zero-order valence-corrected chi connectivity index (χ0v) is 17.3. The monoisotopic (exact) mass is 360 g/mol. The van der Waals surface area contributed by atoms with Gasteiger partial charge in [0.05, 0.1) is 0 Å². The van der Waals surface area contributed by atoms with Crippen LogP contribution in [-0.4, -0.2) is 9.55 Å². The standard InChI is InChI=1S/C23H26N2.C2H6/c1-16-7-11-22-21(13-16)20-10-6-17(2)14-23(20)25(22)12-4-5-19-9-8-18(3)24-15-19;1-2/h7-9,11,13,15H,2,4-6,10,12,14H2,1,3H3;1-2H3. The Bertz CT molecular complexity index is 929. The summed E-state index contributed by atoms with van der Waals surface area (Å²) >= 11 is 0. The highest BCUT2D eigenvalue weighted by Crippen LogP contribution is 2.34. The second kappa shape index (κ2) is 8.56. The van der Waals surface area contributed by atoms with Crippen molar-refractivity contribution < 1.29 is 0 Å². The van der Waals surface area contributed by atoms with Crippen LogP contribution >= 0.6 is 0 Å². The van der Waals surface area contributed by atoms with Gasteiger partial charge >= 0.3 is 0 Å². The number of fused-ring (bicyclic) bond motifs is 3. The van der Waals surface area contributed by atoms with Crippen molar-refractivity contribution in [3.63, 3.8) is 0 Å². The molecule has 0 unspecified atom stereocenters. The van der Waals surface area contributed by atoms with E-state index in [-0.39, 0.29) is 0 Å². The van der Waals surface area contributed by atoms with Gasteiger partial charge in [0.25, 0.3) is 0 Å². The number of aryl methyl sites for hydroxylation is 5. The Morgan fingerprint density at radius 3 is 2.63 bits per heavy atom. The number of rotatable bonds is 4. The zero-order chi connectivity index (χ0) is 19.4. The summed E-state index contributed by atoms with van der Waals surface area (Å²) in [5.41, 5.74) is 9.59. The van der Waals surface area contributed by atoms with Crippen LogP contribution in [0.15, 0.2) is 48.7 Å². The minimum absolute atomic E-state index is 1.04. The number of hydrogen-bond acceptors (Lipinski definition) is 1. The Morgan fingerprint density at radius 2 is 1.89 bits per heavy atom. The average Bonchev–Trinajstić information content (AvgIpc) is 2.97. The Kier molecular flexibility index (Phi) is 6.15. The molecule has 4 rings (SSSR count). The molecular weight excluding hydrogens is 328 g/mol. The fourth-order valence-corrected chi connectivity index (χ4v) is 4.04. The first kappa shape index (κ1) is 19.4. The van der Waals surface area contributed by atoms with Crippen LogP contribution in [0.3, 0.4) is 0 Å². The second-order valence-electron chi connectivity index (χ2n) is 7.44. The quantitative estimate of drug-likeness (QED) is 0.495. The number of allylic oxidation sites excluding steroid dienone is 1. The molecule has 0 atom stereocenters. The lowest BCUT2D eigenvalue weighted by molar-refractivity contribution is 0.626. The SMILES string of the molecule is C=C1CCc2c(n(CCCc3ccc(C)nc3)c3ccc(C)cc23)C1.CC. The fourth-order valence-electron chi connectivity index (χ4n) is 4.04. The van der Waals surface area contributed by atoms with Crippen LogP contribution in [-0.2, 0) is 25.8 Å². The van der Waals surface area contributed by atoms with Crippen LogP contribution in [0, 0.1) is 13.8 Å². The molecule has 142 valence electrons. The highest BCUT2D eigenvalue weighted by Gasteiger charge is 2.21. The Morgan fingerprint density at radius 1 is 1.07 bits per heavy atom.